The van der Waals surface area contributed by atoms with Crippen LogP contribution >= 0.6 is 0 Å². The highest BCUT2D eigenvalue weighted by Gasteiger charge is 2.10. The number of hydrogen-bond acceptors (Lipinski definition) is 5. The summed E-state index contributed by atoms with van der Waals surface area (Å²) in [5.41, 5.74) is 2.79. The molecule has 5 heteroatoms. The Hall–Kier alpha value is -2.08. The van der Waals surface area contributed by atoms with Gasteiger partial charge in [-0.3, -0.25) is 0 Å². The van der Waals surface area contributed by atoms with E-state index in [1.807, 2.05) is 24.3 Å². The smallest absolute Gasteiger partial charge is 0.118 e. The van der Waals surface area contributed by atoms with E-state index in [9.17, 15) is 0 Å². The number of benzene rings is 2. The Kier molecular flexibility index (Phi) is 15.2. The van der Waals surface area contributed by atoms with Gasteiger partial charge in [0.25, 0.3) is 0 Å². The first kappa shape index (κ1) is 29.2. The standard InChI is InChI=1S/C30H46O5/c1-5-25(27-15-19-29(31-3)20-16-27)13-9-7-11-23-33-35-34-24-12-8-10-14-26(6-2)28-17-21-30(32-4)22-18-28/h15-22,25-26H,5-14,23-24H2,1-4H3. The van der Waals surface area contributed by atoms with Crippen molar-refractivity contribution >= 4 is 0 Å². The maximum atomic E-state index is 5.26. The van der Waals surface area contributed by atoms with Gasteiger partial charge in [0.15, 0.2) is 0 Å². The molecule has 0 N–H and O–H groups in total. The van der Waals surface area contributed by atoms with E-state index < -0.39 is 0 Å². The SMILES string of the molecule is CCC(CCCCCOOOCCCCCC(CC)c1ccc(OC)cc1)c1ccc(OC)cc1. The van der Waals surface area contributed by atoms with Gasteiger partial charge in [-0.15, -0.1) is 0 Å². The molecule has 0 radical (unpaired) electrons. The molecule has 2 unspecified atom stereocenters. The average molecular weight is 487 g/mol. The molecule has 35 heavy (non-hydrogen) atoms. The largest absolute Gasteiger partial charge is 0.497 e. The number of ether oxygens (including phenoxy) is 2. The number of hydrogen-bond donors (Lipinski definition) is 0. The molecule has 0 aromatic heterocycles. The van der Waals surface area contributed by atoms with E-state index in [-0.39, 0.29) is 0 Å². The van der Waals surface area contributed by atoms with Gasteiger partial charge in [-0.25, -0.2) is 9.78 Å². The Morgan fingerprint density at radius 2 is 0.943 bits per heavy atom. The second kappa shape index (κ2) is 18.2. The topological polar surface area (TPSA) is 46.2 Å². The third-order valence-corrected chi connectivity index (χ3v) is 6.82. The van der Waals surface area contributed by atoms with Crippen molar-refractivity contribution in [2.45, 2.75) is 89.9 Å². The van der Waals surface area contributed by atoms with Gasteiger partial charge >= 0.3 is 0 Å². The highest BCUT2D eigenvalue weighted by atomic mass is 17.5. The fourth-order valence-electron chi connectivity index (χ4n) is 4.52. The van der Waals surface area contributed by atoms with E-state index in [1.54, 1.807) is 14.2 Å². The van der Waals surface area contributed by atoms with Gasteiger partial charge in [0.2, 0.25) is 0 Å². The number of unbranched alkanes of at least 4 members (excludes halogenated alkanes) is 4. The Balaban J connectivity index is 1.43. The predicted octanol–water partition coefficient (Wildman–Crippen LogP) is 8.39. The van der Waals surface area contributed by atoms with Crippen molar-refractivity contribution in [1.82, 2.24) is 0 Å². The molecule has 0 aliphatic rings. The van der Waals surface area contributed by atoms with Crippen LogP contribution in [0.1, 0.15) is 101 Å². The maximum Gasteiger partial charge on any atom is 0.118 e. The fourth-order valence-corrected chi connectivity index (χ4v) is 4.52. The van der Waals surface area contributed by atoms with Crippen LogP contribution in [-0.2, 0) is 14.8 Å². The zero-order valence-corrected chi connectivity index (χ0v) is 22.3. The molecule has 0 aliphatic heterocycles. The first-order valence-electron chi connectivity index (χ1n) is 13.4. The van der Waals surface area contributed by atoms with Gasteiger partial charge < -0.3 is 9.47 Å². The van der Waals surface area contributed by atoms with E-state index in [0.29, 0.717) is 25.0 Å². The van der Waals surface area contributed by atoms with E-state index in [0.717, 1.165) is 50.0 Å². The minimum absolute atomic E-state index is 0.569. The summed E-state index contributed by atoms with van der Waals surface area (Å²) >= 11 is 0. The van der Waals surface area contributed by atoms with E-state index in [4.69, 9.17) is 24.3 Å². The minimum Gasteiger partial charge on any atom is -0.497 e. The molecule has 0 saturated carbocycles. The van der Waals surface area contributed by atoms with Crippen molar-refractivity contribution in [1.29, 1.82) is 0 Å². The Morgan fingerprint density at radius 3 is 1.29 bits per heavy atom. The summed E-state index contributed by atoms with van der Waals surface area (Å²) in [6.45, 7) is 5.65. The molecule has 2 aromatic rings. The summed E-state index contributed by atoms with van der Waals surface area (Å²) in [6, 6.07) is 16.9. The highest BCUT2D eigenvalue weighted by Crippen LogP contribution is 2.28. The first-order valence-corrected chi connectivity index (χ1v) is 13.4. The molecule has 0 fully saturated rings. The zero-order valence-electron chi connectivity index (χ0n) is 22.3. The third kappa shape index (κ3) is 11.5. The van der Waals surface area contributed by atoms with Crippen molar-refractivity contribution < 1.29 is 24.3 Å². The van der Waals surface area contributed by atoms with Crippen molar-refractivity contribution in [3.05, 3.63) is 59.7 Å². The van der Waals surface area contributed by atoms with Gasteiger partial charge in [-0.05, 0) is 85.8 Å². The van der Waals surface area contributed by atoms with Gasteiger partial charge in [-0.2, -0.15) is 0 Å². The molecule has 0 spiro atoms. The van der Waals surface area contributed by atoms with Crippen LogP contribution in [0.3, 0.4) is 0 Å². The lowest BCUT2D eigenvalue weighted by atomic mass is 9.91. The van der Waals surface area contributed by atoms with Crippen molar-refractivity contribution in [2.75, 3.05) is 27.4 Å². The highest BCUT2D eigenvalue weighted by molar-refractivity contribution is 5.30. The van der Waals surface area contributed by atoms with Gasteiger partial charge in [0.1, 0.15) is 11.5 Å². The van der Waals surface area contributed by atoms with Gasteiger partial charge in [-0.1, -0.05) is 68.8 Å². The summed E-state index contributed by atoms with van der Waals surface area (Å²) in [4.78, 5) is 10.3. The molecular weight excluding hydrogens is 440 g/mol. The van der Waals surface area contributed by atoms with Crippen LogP contribution in [0.2, 0.25) is 0 Å². The molecule has 196 valence electrons. The summed E-state index contributed by atoms with van der Waals surface area (Å²) in [5.74, 6) is 3.03. The molecule has 0 heterocycles. The van der Waals surface area contributed by atoms with Crippen molar-refractivity contribution in [3.63, 3.8) is 0 Å². The molecular formula is C30H46O5. The van der Waals surface area contributed by atoms with Crippen LogP contribution in [0.5, 0.6) is 11.5 Å². The van der Waals surface area contributed by atoms with Crippen LogP contribution in [0.25, 0.3) is 0 Å². The minimum atomic E-state index is 0.569. The van der Waals surface area contributed by atoms with Gasteiger partial charge in [0, 0.05) is 0 Å². The monoisotopic (exact) mass is 486 g/mol. The Bertz CT molecular complexity index is 694. The molecule has 0 bridgehead atoms. The molecule has 2 rings (SSSR count). The molecule has 0 saturated heterocycles. The number of rotatable bonds is 20. The lowest BCUT2D eigenvalue weighted by molar-refractivity contribution is -0.512. The van der Waals surface area contributed by atoms with Crippen LogP contribution in [0.4, 0.5) is 0 Å². The summed E-state index contributed by atoms with van der Waals surface area (Å²) < 4.78 is 10.5. The van der Waals surface area contributed by atoms with Crippen LogP contribution < -0.4 is 9.47 Å². The second-order valence-corrected chi connectivity index (χ2v) is 9.17. The van der Waals surface area contributed by atoms with Crippen LogP contribution in [-0.4, -0.2) is 27.4 Å². The van der Waals surface area contributed by atoms with Crippen molar-refractivity contribution in [3.8, 4) is 11.5 Å². The summed E-state index contributed by atoms with van der Waals surface area (Å²) in [5, 5.41) is 4.89. The average Bonchev–Trinajstić information content (AvgIpc) is 2.91. The normalized spacial score (nSPS) is 12.9. The lowest BCUT2D eigenvalue weighted by Crippen LogP contribution is -2.02. The lowest BCUT2D eigenvalue weighted by Gasteiger charge is -2.15. The fraction of sp³-hybridized carbons (Fsp3) is 0.600. The number of methoxy groups -OCH3 is 2. The maximum absolute atomic E-state index is 5.26. The Labute approximate surface area is 212 Å². The molecule has 2 aromatic carbocycles. The van der Waals surface area contributed by atoms with Crippen LogP contribution in [0.15, 0.2) is 48.5 Å². The molecule has 0 aliphatic carbocycles. The molecule has 2 atom stereocenters. The van der Waals surface area contributed by atoms with E-state index in [1.165, 1.54) is 36.8 Å². The van der Waals surface area contributed by atoms with Gasteiger partial charge in [0.05, 0.1) is 27.4 Å². The first-order chi connectivity index (χ1) is 17.2. The Morgan fingerprint density at radius 1 is 0.543 bits per heavy atom. The predicted molar refractivity (Wildman–Crippen MR) is 142 cm³/mol. The van der Waals surface area contributed by atoms with Crippen LogP contribution in [0, 0.1) is 0 Å². The van der Waals surface area contributed by atoms with E-state index >= 15 is 0 Å². The van der Waals surface area contributed by atoms with Crippen molar-refractivity contribution in [2.24, 2.45) is 0 Å². The molecule has 5 nitrogen and oxygen atoms in total. The quantitative estimate of drug-likeness (QED) is 0.107. The second-order valence-electron chi connectivity index (χ2n) is 9.17. The molecule has 0 amide bonds. The van der Waals surface area contributed by atoms with E-state index in [2.05, 4.69) is 38.1 Å². The third-order valence-electron chi connectivity index (χ3n) is 6.82. The zero-order chi connectivity index (χ0) is 25.1. The summed E-state index contributed by atoms with van der Waals surface area (Å²) in [7, 11) is 3.41. The summed E-state index contributed by atoms with van der Waals surface area (Å²) in [6.07, 6.45) is 11.3.